The molecule has 26 heavy (non-hydrogen) atoms. The highest BCUT2D eigenvalue weighted by molar-refractivity contribution is 7.99. The lowest BCUT2D eigenvalue weighted by Gasteiger charge is -2.18. The normalized spacial score (nSPS) is 14.5. The van der Waals surface area contributed by atoms with Crippen LogP contribution in [0.5, 0.6) is 0 Å². The minimum atomic E-state index is -0.935. The summed E-state index contributed by atoms with van der Waals surface area (Å²) < 4.78 is 18.3. The fraction of sp³-hybridized carbons (Fsp3) is 0.300. The average Bonchev–Trinajstić information content (AvgIpc) is 3.46. The van der Waals surface area contributed by atoms with Gasteiger partial charge in [0.25, 0.3) is 5.91 Å². The van der Waals surface area contributed by atoms with E-state index < -0.39 is 12.1 Å². The first-order chi connectivity index (χ1) is 12.6. The first kappa shape index (κ1) is 18.5. The Morgan fingerprint density at radius 3 is 2.46 bits per heavy atom. The van der Waals surface area contributed by atoms with E-state index in [0.29, 0.717) is 11.3 Å². The van der Waals surface area contributed by atoms with Crippen LogP contribution in [0.25, 0.3) is 0 Å². The van der Waals surface area contributed by atoms with Crippen molar-refractivity contribution in [1.29, 1.82) is 0 Å². The third-order valence-corrected chi connectivity index (χ3v) is 4.89. The van der Waals surface area contributed by atoms with Gasteiger partial charge in [0.05, 0.1) is 5.75 Å². The molecule has 0 saturated heterocycles. The van der Waals surface area contributed by atoms with Crippen LogP contribution in [0.4, 0.5) is 4.39 Å². The van der Waals surface area contributed by atoms with Gasteiger partial charge in [-0.25, -0.2) is 4.39 Å². The van der Waals surface area contributed by atoms with Crippen LogP contribution in [0.15, 0.2) is 54.6 Å². The topological polar surface area (TPSA) is 55.4 Å². The van der Waals surface area contributed by atoms with Crippen molar-refractivity contribution in [2.45, 2.75) is 30.7 Å². The van der Waals surface area contributed by atoms with Crippen molar-refractivity contribution < 1.29 is 18.7 Å². The molecule has 0 aliphatic heterocycles. The number of carbonyl (C=O) groups excluding carboxylic acids is 2. The molecule has 2 aromatic rings. The lowest BCUT2D eigenvalue weighted by Crippen LogP contribution is -2.33. The van der Waals surface area contributed by atoms with E-state index in [-0.39, 0.29) is 23.5 Å². The maximum Gasteiger partial charge on any atom is 0.317 e. The SMILES string of the molecule is O=C(CSCc1ccc(F)cc1)OC(C(=O)NC1CC1)c1ccccc1. The number of thioether (sulfide) groups is 1. The molecule has 3 rings (SSSR count). The van der Waals surface area contributed by atoms with Gasteiger partial charge in [-0.1, -0.05) is 42.5 Å². The summed E-state index contributed by atoms with van der Waals surface area (Å²) in [6.07, 6.45) is 0.999. The molecule has 1 saturated carbocycles. The minimum Gasteiger partial charge on any atom is -0.447 e. The summed E-state index contributed by atoms with van der Waals surface area (Å²) in [4.78, 5) is 24.6. The highest BCUT2D eigenvalue weighted by Gasteiger charge is 2.30. The van der Waals surface area contributed by atoms with Gasteiger partial charge in [0.15, 0.2) is 0 Å². The molecule has 0 radical (unpaired) electrons. The van der Waals surface area contributed by atoms with E-state index in [1.54, 1.807) is 24.3 Å². The molecule has 6 heteroatoms. The number of nitrogens with one attached hydrogen (secondary N) is 1. The van der Waals surface area contributed by atoms with E-state index in [1.165, 1.54) is 23.9 Å². The second-order valence-corrected chi connectivity index (χ2v) is 7.17. The maximum absolute atomic E-state index is 12.9. The zero-order chi connectivity index (χ0) is 18.4. The molecule has 0 spiro atoms. The van der Waals surface area contributed by atoms with Gasteiger partial charge in [-0.05, 0) is 30.5 Å². The second kappa shape index (κ2) is 8.85. The van der Waals surface area contributed by atoms with Crippen LogP contribution in [0, 0.1) is 5.82 Å². The zero-order valence-corrected chi connectivity index (χ0v) is 15.0. The van der Waals surface area contributed by atoms with Gasteiger partial charge < -0.3 is 10.1 Å². The monoisotopic (exact) mass is 373 g/mol. The molecule has 4 nitrogen and oxygen atoms in total. The first-order valence-electron chi connectivity index (χ1n) is 8.49. The Morgan fingerprint density at radius 2 is 1.81 bits per heavy atom. The lowest BCUT2D eigenvalue weighted by molar-refractivity contribution is -0.154. The van der Waals surface area contributed by atoms with E-state index in [0.717, 1.165) is 18.4 Å². The summed E-state index contributed by atoms with van der Waals surface area (Å²) in [5.74, 6) is -0.324. The first-order valence-corrected chi connectivity index (χ1v) is 9.64. The highest BCUT2D eigenvalue weighted by Crippen LogP contribution is 2.24. The Kier molecular flexibility index (Phi) is 6.28. The number of hydrogen-bond acceptors (Lipinski definition) is 4. The number of rotatable bonds is 8. The minimum absolute atomic E-state index is 0.122. The lowest BCUT2D eigenvalue weighted by atomic mass is 10.1. The summed E-state index contributed by atoms with van der Waals surface area (Å²) in [6, 6.07) is 15.4. The number of amides is 1. The van der Waals surface area contributed by atoms with Gasteiger partial charge in [0.2, 0.25) is 6.10 Å². The summed E-state index contributed by atoms with van der Waals surface area (Å²) in [6.45, 7) is 0. The molecule has 2 aromatic carbocycles. The predicted octanol–water partition coefficient (Wildman–Crippen LogP) is 3.62. The fourth-order valence-electron chi connectivity index (χ4n) is 2.40. The predicted molar refractivity (Wildman–Crippen MR) is 99.0 cm³/mol. The molecule has 136 valence electrons. The van der Waals surface area contributed by atoms with E-state index in [2.05, 4.69) is 5.32 Å². The van der Waals surface area contributed by atoms with Gasteiger partial charge in [-0.2, -0.15) is 0 Å². The van der Waals surface area contributed by atoms with Crippen molar-refractivity contribution in [3.05, 3.63) is 71.5 Å². The Balaban J connectivity index is 1.54. The molecule has 1 N–H and O–H groups in total. The van der Waals surface area contributed by atoms with Crippen molar-refractivity contribution in [1.82, 2.24) is 5.32 Å². The van der Waals surface area contributed by atoms with Gasteiger partial charge in [0, 0.05) is 17.4 Å². The molecule has 1 aliphatic rings. The molecule has 0 bridgehead atoms. The maximum atomic E-state index is 12.9. The molecular weight excluding hydrogens is 353 g/mol. The van der Waals surface area contributed by atoms with Gasteiger partial charge in [-0.15, -0.1) is 11.8 Å². The molecule has 1 amide bonds. The van der Waals surface area contributed by atoms with Crippen LogP contribution >= 0.6 is 11.8 Å². The highest BCUT2D eigenvalue weighted by atomic mass is 32.2. The summed E-state index contributed by atoms with van der Waals surface area (Å²) in [7, 11) is 0. The molecule has 1 unspecified atom stereocenters. The Morgan fingerprint density at radius 1 is 1.12 bits per heavy atom. The molecular formula is C20H20FNO3S. The third kappa shape index (κ3) is 5.59. The molecule has 0 heterocycles. The van der Waals surface area contributed by atoms with E-state index in [9.17, 15) is 14.0 Å². The van der Waals surface area contributed by atoms with Crippen molar-refractivity contribution >= 4 is 23.6 Å². The number of ether oxygens (including phenoxy) is 1. The van der Waals surface area contributed by atoms with Gasteiger partial charge >= 0.3 is 5.97 Å². The van der Waals surface area contributed by atoms with Crippen LogP contribution < -0.4 is 5.32 Å². The Bertz CT molecular complexity index is 747. The van der Waals surface area contributed by atoms with Crippen LogP contribution in [-0.4, -0.2) is 23.7 Å². The number of benzene rings is 2. The van der Waals surface area contributed by atoms with E-state index in [1.807, 2.05) is 18.2 Å². The smallest absolute Gasteiger partial charge is 0.317 e. The van der Waals surface area contributed by atoms with Gasteiger partial charge in [0.1, 0.15) is 5.82 Å². The van der Waals surface area contributed by atoms with Crippen molar-refractivity contribution in [2.24, 2.45) is 0 Å². The Hall–Kier alpha value is -2.34. The van der Waals surface area contributed by atoms with Crippen LogP contribution in [0.2, 0.25) is 0 Å². The number of hydrogen-bond donors (Lipinski definition) is 1. The van der Waals surface area contributed by atoms with Crippen LogP contribution in [0.1, 0.15) is 30.1 Å². The second-order valence-electron chi connectivity index (χ2n) is 6.18. The summed E-state index contributed by atoms with van der Waals surface area (Å²) in [5.41, 5.74) is 1.58. The number of esters is 1. The summed E-state index contributed by atoms with van der Waals surface area (Å²) in [5, 5.41) is 2.89. The zero-order valence-electron chi connectivity index (χ0n) is 14.2. The van der Waals surface area contributed by atoms with E-state index >= 15 is 0 Å². The van der Waals surface area contributed by atoms with Crippen molar-refractivity contribution in [3.63, 3.8) is 0 Å². The molecule has 1 fully saturated rings. The van der Waals surface area contributed by atoms with Crippen LogP contribution in [0.3, 0.4) is 0 Å². The largest absolute Gasteiger partial charge is 0.447 e. The molecule has 0 aromatic heterocycles. The quantitative estimate of drug-likeness (QED) is 0.718. The molecule has 1 atom stereocenters. The number of halogens is 1. The van der Waals surface area contributed by atoms with Crippen molar-refractivity contribution in [3.8, 4) is 0 Å². The summed E-state index contributed by atoms with van der Waals surface area (Å²) >= 11 is 1.37. The average molecular weight is 373 g/mol. The molecule has 1 aliphatic carbocycles. The number of carbonyl (C=O) groups is 2. The van der Waals surface area contributed by atoms with E-state index in [4.69, 9.17) is 4.74 Å². The standard InChI is InChI=1S/C20H20FNO3S/c21-16-8-6-14(7-9-16)12-26-13-18(23)25-19(15-4-2-1-3-5-15)20(24)22-17-10-11-17/h1-9,17,19H,10-13H2,(H,22,24). The fourth-order valence-corrected chi connectivity index (χ4v) is 3.17. The third-order valence-electron chi connectivity index (χ3n) is 3.92. The van der Waals surface area contributed by atoms with Crippen LogP contribution in [-0.2, 0) is 20.1 Å². The Labute approximate surface area is 156 Å². The van der Waals surface area contributed by atoms with Gasteiger partial charge in [-0.3, -0.25) is 9.59 Å². The van der Waals surface area contributed by atoms with Crippen molar-refractivity contribution in [2.75, 3.05) is 5.75 Å².